The Labute approximate surface area is 107 Å². The Kier molecular flexibility index (Phi) is 4.85. The van der Waals surface area contributed by atoms with Crippen molar-refractivity contribution < 1.29 is 14.7 Å². The molecular weight excluding hydrogens is 232 g/mol. The number of amides is 1. The minimum Gasteiger partial charge on any atom is -0.478 e. The molecule has 0 aromatic heterocycles. The minimum atomic E-state index is -0.946. The van der Waals surface area contributed by atoms with Crippen LogP contribution in [0.5, 0.6) is 0 Å². The van der Waals surface area contributed by atoms with Gasteiger partial charge in [-0.05, 0) is 18.7 Å². The highest BCUT2D eigenvalue weighted by molar-refractivity contribution is 5.89. The maximum absolute atomic E-state index is 11.5. The normalized spacial score (nSPS) is 10.4. The van der Waals surface area contributed by atoms with Crippen LogP contribution in [0.2, 0.25) is 0 Å². The van der Waals surface area contributed by atoms with Gasteiger partial charge in [-0.1, -0.05) is 18.2 Å². The molecule has 0 saturated carbocycles. The third-order valence-electron chi connectivity index (χ3n) is 2.59. The van der Waals surface area contributed by atoms with Gasteiger partial charge in [0.15, 0.2) is 0 Å². The van der Waals surface area contributed by atoms with E-state index >= 15 is 0 Å². The predicted molar refractivity (Wildman–Crippen MR) is 68.4 cm³/mol. The molecule has 0 heterocycles. The van der Waals surface area contributed by atoms with Crippen LogP contribution in [0.1, 0.15) is 15.9 Å². The number of likely N-dealkylation sites (N-methyl/N-ethyl adjacent to an activating group) is 2. The molecule has 0 unspecified atom stereocenters. The molecule has 0 aliphatic heterocycles. The van der Waals surface area contributed by atoms with Crippen molar-refractivity contribution in [2.24, 2.45) is 0 Å². The first-order chi connectivity index (χ1) is 8.41. The predicted octanol–water partition coefficient (Wildman–Crippen LogP) is 0.905. The lowest BCUT2D eigenvalue weighted by Gasteiger charge is -2.19. The summed E-state index contributed by atoms with van der Waals surface area (Å²) in [5.74, 6) is -0.955. The van der Waals surface area contributed by atoms with Crippen molar-refractivity contribution in [3.8, 4) is 0 Å². The summed E-state index contributed by atoms with van der Waals surface area (Å²) in [6, 6.07) is 6.82. The van der Waals surface area contributed by atoms with Crippen LogP contribution < -0.4 is 0 Å². The minimum absolute atomic E-state index is 0.00898. The molecule has 0 saturated heterocycles. The third-order valence-corrected chi connectivity index (χ3v) is 2.59. The fourth-order valence-electron chi connectivity index (χ4n) is 1.59. The van der Waals surface area contributed by atoms with E-state index in [0.29, 0.717) is 12.1 Å². The van der Waals surface area contributed by atoms with Gasteiger partial charge in [0.2, 0.25) is 5.91 Å². The molecule has 1 amide bonds. The second kappa shape index (κ2) is 6.16. The van der Waals surface area contributed by atoms with Crippen molar-refractivity contribution in [2.75, 3.05) is 27.7 Å². The van der Waals surface area contributed by atoms with E-state index in [2.05, 4.69) is 0 Å². The quantitative estimate of drug-likeness (QED) is 0.843. The number of rotatable bonds is 5. The average Bonchev–Trinajstić information content (AvgIpc) is 2.28. The molecule has 0 atom stereocenters. The molecule has 0 radical (unpaired) electrons. The maximum atomic E-state index is 11.5. The smallest absolute Gasteiger partial charge is 0.336 e. The monoisotopic (exact) mass is 250 g/mol. The highest BCUT2D eigenvalue weighted by Crippen LogP contribution is 2.11. The van der Waals surface area contributed by atoms with Crippen molar-refractivity contribution in [2.45, 2.75) is 6.54 Å². The molecule has 1 aromatic carbocycles. The molecule has 1 N–H and O–H groups in total. The lowest BCUT2D eigenvalue weighted by atomic mass is 10.1. The zero-order valence-corrected chi connectivity index (χ0v) is 10.9. The average molecular weight is 250 g/mol. The van der Waals surface area contributed by atoms with Gasteiger partial charge >= 0.3 is 5.97 Å². The van der Waals surface area contributed by atoms with E-state index in [9.17, 15) is 9.59 Å². The van der Waals surface area contributed by atoms with E-state index in [1.54, 1.807) is 50.3 Å². The summed E-state index contributed by atoms with van der Waals surface area (Å²) in [4.78, 5) is 25.9. The molecule has 0 bridgehead atoms. The Balaban J connectivity index is 2.73. The molecule has 0 aliphatic carbocycles. The Morgan fingerprint density at radius 3 is 2.33 bits per heavy atom. The summed E-state index contributed by atoms with van der Waals surface area (Å²) >= 11 is 0. The van der Waals surface area contributed by atoms with Gasteiger partial charge in [-0.15, -0.1) is 0 Å². The second-order valence-corrected chi connectivity index (χ2v) is 4.42. The van der Waals surface area contributed by atoms with Gasteiger partial charge in [-0.3, -0.25) is 9.69 Å². The lowest BCUT2D eigenvalue weighted by Crippen LogP contribution is -2.34. The second-order valence-electron chi connectivity index (χ2n) is 4.42. The number of benzene rings is 1. The molecule has 0 aliphatic rings. The largest absolute Gasteiger partial charge is 0.478 e. The molecule has 0 spiro atoms. The summed E-state index contributed by atoms with van der Waals surface area (Å²) in [5, 5.41) is 9.05. The first-order valence-electron chi connectivity index (χ1n) is 5.61. The number of carboxylic acid groups (broad SMARTS) is 1. The summed E-state index contributed by atoms with van der Waals surface area (Å²) in [5.41, 5.74) is 0.987. The van der Waals surface area contributed by atoms with Crippen LogP contribution in [-0.2, 0) is 11.3 Å². The van der Waals surface area contributed by atoms with Crippen LogP contribution in [0, 0.1) is 0 Å². The molecule has 1 rings (SSSR count). The summed E-state index contributed by atoms with van der Waals surface area (Å²) in [6.07, 6.45) is 0. The van der Waals surface area contributed by atoms with Gasteiger partial charge in [0.1, 0.15) is 0 Å². The molecule has 1 aromatic rings. The molecule has 5 heteroatoms. The first kappa shape index (κ1) is 14.2. The van der Waals surface area contributed by atoms with Gasteiger partial charge in [0, 0.05) is 20.6 Å². The lowest BCUT2D eigenvalue weighted by molar-refractivity contribution is -0.129. The van der Waals surface area contributed by atoms with Crippen LogP contribution >= 0.6 is 0 Å². The first-order valence-corrected chi connectivity index (χ1v) is 5.61. The molecule has 0 fully saturated rings. The van der Waals surface area contributed by atoms with Crippen molar-refractivity contribution in [3.05, 3.63) is 35.4 Å². The fraction of sp³-hybridized carbons (Fsp3) is 0.385. The van der Waals surface area contributed by atoms with E-state index in [1.807, 2.05) is 0 Å². The Morgan fingerprint density at radius 1 is 1.17 bits per heavy atom. The van der Waals surface area contributed by atoms with E-state index in [1.165, 1.54) is 4.90 Å². The standard InChI is InChI=1S/C13H18N2O3/c1-14(2)12(16)9-15(3)8-10-6-4-5-7-11(10)13(17)18/h4-7H,8-9H2,1-3H3,(H,17,18). The van der Waals surface area contributed by atoms with E-state index in [-0.39, 0.29) is 18.0 Å². The van der Waals surface area contributed by atoms with Gasteiger partial charge in [-0.25, -0.2) is 4.79 Å². The van der Waals surface area contributed by atoms with E-state index < -0.39 is 5.97 Å². The Hall–Kier alpha value is -1.88. The number of carbonyl (C=O) groups is 2. The zero-order chi connectivity index (χ0) is 13.7. The van der Waals surface area contributed by atoms with Crippen molar-refractivity contribution in [1.29, 1.82) is 0 Å². The zero-order valence-electron chi connectivity index (χ0n) is 10.9. The number of hydrogen-bond donors (Lipinski definition) is 1. The van der Waals surface area contributed by atoms with Gasteiger partial charge in [0.05, 0.1) is 12.1 Å². The highest BCUT2D eigenvalue weighted by atomic mass is 16.4. The SMILES string of the molecule is CN(CC(=O)N(C)C)Cc1ccccc1C(=O)O. The van der Waals surface area contributed by atoms with Crippen LogP contribution in [-0.4, -0.2) is 54.5 Å². The third kappa shape index (κ3) is 3.85. The summed E-state index contributed by atoms with van der Waals surface area (Å²) in [7, 11) is 5.18. The number of nitrogens with zero attached hydrogens (tertiary/aromatic N) is 2. The molecular formula is C13H18N2O3. The molecule has 5 nitrogen and oxygen atoms in total. The highest BCUT2D eigenvalue weighted by Gasteiger charge is 2.13. The summed E-state index contributed by atoms with van der Waals surface area (Å²) in [6.45, 7) is 0.697. The number of carboxylic acids is 1. The number of aromatic carboxylic acids is 1. The van der Waals surface area contributed by atoms with Gasteiger partial charge < -0.3 is 10.0 Å². The Morgan fingerprint density at radius 2 is 1.78 bits per heavy atom. The molecule has 18 heavy (non-hydrogen) atoms. The van der Waals surface area contributed by atoms with Crippen molar-refractivity contribution >= 4 is 11.9 Å². The fourth-order valence-corrected chi connectivity index (χ4v) is 1.59. The Bertz CT molecular complexity index is 444. The van der Waals surface area contributed by atoms with Crippen LogP contribution in [0.3, 0.4) is 0 Å². The van der Waals surface area contributed by atoms with E-state index in [0.717, 1.165) is 0 Å². The van der Waals surface area contributed by atoms with Gasteiger partial charge in [-0.2, -0.15) is 0 Å². The van der Waals surface area contributed by atoms with Crippen molar-refractivity contribution in [1.82, 2.24) is 9.80 Å². The maximum Gasteiger partial charge on any atom is 0.336 e. The number of carbonyl (C=O) groups excluding carboxylic acids is 1. The van der Waals surface area contributed by atoms with Crippen LogP contribution in [0.4, 0.5) is 0 Å². The topological polar surface area (TPSA) is 60.9 Å². The van der Waals surface area contributed by atoms with Gasteiger partial charge in [0.25, 0.3) is 0 Å². The van der Waals surface area contributed by atoms with Crippen LogP contribution in [0.25, 0.3) is 0 Å². The van der Waals surface area contributed by atoms with Crippen molar-refractivity contribution in [3.63, 3.8) is 0 Å². The van der Waals surface area contributed by atoms with Crippen LogP contribution in [0.15, 0.2) is 24.3 Å². The number of hydrogen-bond acceptors (Lipinski definition) is 3. The summed E-state index contributed by atoms with van der Waals surface area (Å²) < 4.78 is 0. The molecule has 98 valence electrons. The van der Waals surface area contributed by atoms with E-state index in [4.69, 9.17) is 5.11 Å².